The topological polar surface area (TPSA) is 68.3 Å². The predicted octanol–water partition coefficient (Wildman–Crippen LogP) is 3.56. The minimum Gasteiger partial charge on any atom is -0.451 e. The molecule has 0 unspecified atom stereocenters. The zero-order valence-corrected chi connectivity index (χ0v) is 14.8. The molecule has 0 saturated heterocycles. The maximum atomic E-state index is 13.0. The van der Waals surface area contributed by atoms with E-state index in [-0.39, 0.29) is 23.9 Å². The Kier molecular flexibility index (Phi) is 5.87. The maximum Gasteiger partial charge on any atom is 0.358 e. The average Bonchev–Trinajstić information content (AvgIpc) is 3.16. The van der Waals surface area contributed by atoms with Crippen molar-refractivity contribution in [2.24, 2.45) is 0 Å². The normalized spacial score (nSPS) is 10.4. The molecule has 0 spiro atoms. The van der Waals surface area contributed by atoms with E-state index in [9.17, 15) is 18.4 Å². The fourth-order valence-electron chi connectivity index (χ4n) is 2.15. The number of aromatic nitrogens is 1. The number of amides is 1. The molecule has 138 valence electrons. The summed E-state index contributed by atoms with van der Waals surface area (Å²) < 4.78 is 30.7. The summed E-state index contributed by atoms with van der Waals surface area (Å²) in [6.45, 7) is -0.258. The van der Waals surface area contributed by atoms with Gasteiger partial charge in [0.2, 0.25) is 0 Å². The van der Waals surface area contributed by atoms with Crippen LogP contribution < -0.4 is 5.32 Å². The van der Waals surface area contributed by atoms with Gasteiger partial charge < -0.3 is 10.1 Å². The van der Waals surface area contributed by atoms with Crippen LogP contribution in [0.25, 0.3) is 10.6 Å². The molecule has 27 heavy (non-hydrogen) atoms. The molecular weight excluding hydrogens is 374 g/mol. The molecule has 1 aromatic heterocycles. The molecule has 5 nitrogen and oxygen atoms in total. The van der Waals surface area contributed by atoms with Gasteiger partial charge in [-0.2, -0.15) is 0 Å². The number of esters is 1. The Labute approximate surface area is 157 Å². The fraction of sp³-hybridized carbons (Fsp3) is 0.105. The van der Waals surface area contributed by atoms with E-state index in [4.69, 9.17) is 4.74 Å². The number of carbonyl (C=O) groups excluding carboxylic acids is 2. The van der Waals surface area contributed by atoms with Crippen molar-refractivity contribution in [3.05, 3.63) is 76.8 Å². The Bertz CT molecular complexity index is 940. The second-order valence-electron chi connectivity index (χ2n) is 5.52. The van der Waals surface area contributed by atoms with Crippen molar-refractivity contribution >= 4 is 23.2 Å². The lowest BCUT2D eigenvalue weighted by atomic mass is 10.2. The van der Waals surface area contributed by atoms with E-state index >= 15 is 0 Å². The second kappa shape index (κ2) is 8.50. The smallest absolute Gasteiger partial charge is 0.358 e. The number of hydrogen-bond donors (Lipinski definition) is 1. The molecule has 3 aromatic rings. The van der Waals surface area contributed by atoms with E-state index in [0.29, 0.717) is 10.6 Å². The third-order valence-electron chi connectivity index (χ3n) is 3.54. The highest BCUT2D eigenvalue weighted by molar-refractivity contribution is 7.13. The van der Waals surface area contributed by atoms with Crippen molar-refractivity contribution in [1.29, 1.82) is 0 Å². The van der Waals surface area contributed by atoms with Crippen LogP contribution in [-0.2, 0) is 16.1 Å². The van der Waals surface area contributed by atoms with Crippen LogP contribution in [0.3, 0.4) is 0 Å². The lowest BCUT2D eigenvalue weighted by Gasteiger charge is -2.06. The summed E-state index contributed by atoms with van der Waals surface area (Å²) in [5.41, 5.74) is 1.47. The molecule has 0 aliphatic rings. The lowest BCUT2D eigenvalue weighted by Crippen LogP contribution is -2.28. The Morgan fingerprint density at radius 3 is 2.30 bits per heavy atom. The van der Waals surface area contributed by atoms with Crippen LogP contribution in [0.1, 0.15) is 16.1 Å². The van der Waals surface area contributed by atoms with Crippen molar-refractivity contribution in [1.82, 2.24) is 10.3 Å². The summed E-state index contributed by atoms with van der Waals surface area (Å²) >= 11 is 1.21. The molecule has 0 atom stereocenters. The van der Waals surface area contributed by atoms with Gasteiger partial charge in [-0.3, -0.25) is 4.79 Å². The summed E-state index contributed by atoms with van der Waals surface area (Å²) in [7, 11) is 0. The minimum atomic E-state index is -0.725. The number of benzene rings is 2. The first-order valence-corrected chi connectivity index (χ1v) is 8.79. The van der Waals surface area contributed by atoms with E-state index in [1.165, 1.54) is 41.0 Å². The monoisotopic (exact) mass is 388 g/mol. The number of ether oxygens (including phenoxy) is 1. The molecule has 1 heterocycles. The Morgan fingerprint density at radius 2 is 1.63 bits per heavy atom. The summed E-state index contributed by atoms with van der Waals surface area (Å²) in [5.74, 6) is -1.93. The van der Waals surface area contributed by atoms with Gasteiger partial charge >= 0.3 is 5.97 Å². The number of hydrogen-bond acceptors (Lipinski definition) is 5. The third-order valence-corrected chi connectivity index (χ3v) is 4.43. The van der Waals surface area contributed by atoms with Gasteiger partial charge in [0.15, 0.2) is 12.3 Å². The molecule has 0 aliphatic carbocycles. The van der Waals surface area contributed by atoms with E-state index < -0.39 is 18.5 Å². The van der Waals surface area contributed by atoms with Crippen LogP contribution in [0.4, 0.5) is 8.78 Å². The summed E-state index contributed by atoms with van der Waals surface area (Å²) in [5, 5.41) is 4.63. The highest BCUT2D eigenvalue weighted by Gasteiger charge is 2.15. The van der Waals surface area contributed by atoms with E-state index in [1.807, 2.05) is 0 Å². The van der Waals surface area contributed by atoms with Gasteiger partial charge in [0.05, 0.1) is 0 Å². The summed E-state index contributed by atoms with van der Waals surface area (Å²) in [6.07, 6.45) is 0. The standard InChI is InChI=1S/C19H14F2N2O3S/c20-14-5-1-12(2-6-14)9-22-17(24)10-26-19(25)16-11-27-18(23-16)13-3-7-15(21)8-4-13/h1-8,11H,9-10H2,(H,22,24). The predicted molar refractivity (Wildman–Crippen MR) is 96.0 cm³/mol. The zero-order chi connectivity index (χ0) is 19.2. The number of rotatable bonds is 6. The van der Waals surface area contributed by atoms with Gasteiger partial charge in [-0.05, 0) is 42.0 Å². The first-order chi connectivity index (χ1) is 13.0. The van der Waals surface area contributed by atoms with Crippen molar-refractivity contribution in [3.63, 3.8) is 0 Å². The Balaban J connectivity index is 1.49. The number of nitrogens with zero attached hydrogens (tertiary/aromatic N) is 1. The van der Waals surface area contributed by atoms with Crippen molar-refractivity contribution in [2.75, 3.05) is 6.61 Å². The van der Waals surface area contributed by atoms with Crippen LogP contribution in [0.15, 0.2) is 53.9 Å². The molecule has 0 bridgehead atoms. The minimum absolute atomic E-state index is 0.0747. The molecule has 0 aliphatic heterocycles. The largest absolute Gasteiger partial charge is 0.451 e. The van der Waals surface area contributed by atoms with Gasteiger partial charge in [0, 0.05) is 17.5 Å². The molecule has 3 rings (SSSR count). The lowest BCUT2D eigenvalue weighted by molar-refractivity contribution is -0.124. The number of thiazole rings is 1. The molecule has 1 amide bonds. The summed E-state index contributed by atoms with van der Waals surface area (Å²) in [6, 6.07) is 11.4. The van der Waals surface area contributed by atoms with Gasteiger partial charge in [-0.25, -0.2) is 18.6 Å². The summed E-state index contributed by atoms with van der Waals surface area (Å²) in [4.78, 5) is 27.9. The second-order valence-corrected chi connectivity index (χ2v) is 6.38. The molecule has 8 heteroatoms. The van der Waals surface area contributed by atoms with E-state index in [2.05, 4.69) is 10.3 Å². The molecule has 2 aromatic carbocycles. The fourth-order valence-corrected chi connectivity index (χ4v) is 2.95. The highest BCUT2D eigenvalue weighted by atomic mass is 32.1. The molecular formula is C19H14F2N2O3S. The van der Waals surface area contributed by atoms with Gasteiger partial charge in [-0.1, -0.05) is 12.1 Å². The first-order valence-electron chi connectivity index (χ1n) is 7.91. The van der Waals surface area contributed by atoms with Crippen LogP contribution in [-0.4, -0.2) is 23.5 Å². The molecule has 1 N–H and O–H groups in total. The molecule has 0 saturated carbocycles. The van der Waals surface area contributed by atoms with Crippen LogP contribution in [0.5, 0.6) is 0 Å². The number of nitrogens with one attached hydrogen (secondary N) is 1. The maximum absolute atomic E-state index is 13.0. The van der Waals surface area contributed by atoms with Gasteiger partial charge in [0.1, 0.15) is 16.6 Å². The highest BCUT2D eigenvalue weighted by Crippen LogP contribution is 2.24. The zero-order valence-electron chi connectivity index (χ0n) is 13.9. The van der Waals surface area contributed by atoms with Crippen molar-refractivity contribution in [3.8, 4) is 10.6 Å². The molecule has 0 fully saturated rings. The SMILES string of the molecule is O=C(COC(=O)c1csc(-c2ccc(F)cc2)n1)NCc1ccc(F)cc1. The average molecular weight is 388 g/mol. The van der Waals surface area contributed by atoms with Crippen LogP contribution in [0.2, 0.25) is 0 Å². The quantitative estimate of drug-likeness (QED) is 0.656. The van der Waals surface area contributed by atoms with E-state index in [1.54, 1.807) is 24.3 Å². The van der Waals surface area contributed by atoms with Crippen LogP contribution >= 0.6 is 11.3 Å². The Hall–Kier alpha value is -3.13. The third kappa shape index (κ3) is 5.18. The van der Waals surface area contributed by atoms with Crippen LogP contribution in [0, 0.1) is 11.6 Å². The van der Waals surface area contributed by atoms with Gasteiger partial charge in [-0.15, -0.1) is 11.3 Å². The molecule has 0 radical (unpaired) electrons. The van der Waals surface area contributed by atoms with Crippen molar-refractivity contribution < 1.29 is 23.1 Å². The van der Waals surface area contributed by atoms with Crippen molar-refractivity contribution in [2.45, 2.75) is 6.54 Å². The Morgan fingerprint density at radius 1 is 1.00 bits per heavy atom. The first kappa shape index (κ1) is 18.7. The number of carbonyl (C=O) groups is 2. The van der Waals surface area contributed by atoms with E-state index in [0.717, 1.165) is 5.56 Å². The van der Waals surface area contributed by atoms with Gasteiger partial charge in [0.25, 0.3) is 5.91 Å². The number of halogens is 2.